The van der Waals surface area contributed by atoms with Gasteiger partial charge < -0.3 is 14.6 Å². The first-order valence-electron chi connectivity index (χ1n) is 2.97. The Hall–Kier alpha value is -1.10. The maximum atomic E-state index is 10.5. The minimum absolute atomic E-state index is 0.359. The molecule has 0 fully saturated rings. The fourth-order valence-corrected chi connectivity index (χ4v) is 0.400. The Kier molecular flexibility index (Phi) is 4.21. The normalized spacial score (nSPS) is 11.9. The van der Waals surface area contributed by atoms with Gasteiger partial charge in [0.15, 0.2) is 6.10 Å². The topological polar surface area (TPSA) is 72.8 Å². The SMILES string of the molecule is COC(=O)[C@@H](O)COC(C)=O. The minimum atomic E-state index is -1.39. The smallest absolute Gasteiger partial charge is 0.338 e. The molecule has 0 rings (SSSR count). The zero-order valence-electron chi connectivity index (χ0n) is 6.36. The molecule has 0 bridgehead atoms. The highest BCUT2D eigenvalue weighted by molar-refractivity contribution is 5.75. The van der Waals surface area contributed by atoms with E-state index in [-0.39, 0.29) is 6.61 Å². The summed E-state index contributed by atoms with van der Waals surface area (Å²) in [6, 6.07) is 0. The molecule has 0 spiro atoms. The zero-order chi connectivity index (χ0) is 8.85. The van der Waals surface area contributed by atoms with Crippen molar-refractivity contribution in [2.45, 2.75) is 13.0 Å². The lowest BCUT2D eigenvalue weighted by Crippen LogP contribution is -2.27. The van der Waals surface area contributed by atoms with Gasteiger partial charge in [0.25, 0.3) is 0 Å². The molecule has 0 aliphatic carbocycles. The molecule has 0 aliphatic rings. The fourth-order valence-electron chi connectivity index (χ4n) is 0.400. The van der Waals surface area contributed by atoms with E-state index in [4.69, 9.17) is 5.11 Å². The molecule has 0 aliphatic heterocycles. The van der Waals surface area contributed by atoms with Gasteiger partial charge in [-0.2, -0.15) is 0 Å². The van der Waals surface area contributed by atoms with E-state index in [9.17, 15) is 9.59 Å². The monoisotopic (exact) mass is 162 g/mol. The molecule has 0 radical (unpaired) electrons. The zero-order valence-corrected chi connectivity index (χ0v) is 6.36. The van der Waals surface area contributed by atoms with Gasteiger partial charge in [-0.15, -0.1) is 0 Å². The molecule has 0 heterocycles. The molecular formula is C6H10O5. The Morgan fingerprint density at radius 3 is 2.45 bits per heavy atom. The lowest BCUT2D eigenvalue weighted by Gasteiger charge is -2.06. The second-order valence-electron chi connectivity index (χ2n) is 1.84. The first kappa shape index (κ1) is 9.90. The van der Waals surface area contributed by atoms with Crippen LogP contribution in [0.4, 0.5) is 0 Å². The lowest BCUT2D eigenvalue weighted by atomic mass is 10.4. The van der Waals surface area contributed by atoms with Crippen LogP contribution in [0.3, 0.4) is 0 Å². The third-order valence-electron chi connectivity index (χ3n) is 0.918. The van der Waals surface area contributed by atoms with Crippen LogP contribution in [0.25, 0.3) is 0 Å². The van der Waals surface area contributed by atoms with Gasteiger partial charge in [-0.3, -0.25) is 4.79 Å². The summed E-state index contributed by atoms with van der Waals surface area (Å²) in [6.07, 6.45) is -1.39. The standard InChI is InChI=1S/C6H10O5/c1-4(7)11-3-5(8)6(9)10-2/h5,8H,3H2,1-2H3/t5-/m0/s1. The van der Waals surface area contributed by atoms with Crippen molar-refractivity contribution in [3.05, 3.63) is 0 Å². The average Bonchev–Trinajstić information content (AvgIpc) is 1.98. The third kappa shape index (κ3) is 4.32. The van der Waals surface area contributed by atoms with Crippen LogP contribution in [0.15, 0.2) is 0 Å². The Bertz CT molecular complexity index is 153. The van der Waals surface area contributed by atoms with E-state index >= 15 is 0 Å². The van der Waals surface area contributed by atoms with E-state index in [0.29, 0.717) is 0 Å². The molecule has 0 aromatic rings. The second-order valence-corrected chi connectivity index (χ2v) is 1.84. The number of hydrogen-bond acceptors (Lipinski definition) is 5. The second kappa shape index (κ2) is 4.68. The quantitative estimate of drug-likeness (QED) is 0.543. The van der Waals surface area contributed by atoms with Crippen molar-refractivity contribution in [1.82, 2.24) is 0 Å². The van der Waals surface area contributed by atoms with Crippen molar-refractivity contribution in [2.75, 3.05) is 13.7 Å². The predicted octanol–water partition coefficient (Wildman–Crippen LogP) is -0.917. The number of hydrogen-bond donors (Lipinski definition) is 1. The number of rotatable bonds is 3. The van der Waals surface area contributed by atoms with E-state index in [2.05, 4.69) is 9.47 Å². The van der Waals surface area contributed by atoms with Crippen LogP contribution < -0.4 is 0 Å². The number of esters is 2. The van der Waals surface area contributed by atoms with Gasteiger partial charge in [-0.05, 0) is 0 Å². The highest BCUT2D eigenvalue weighted by Crippen LogP contribution is 1.88. The molecule has 0 saturated carbocycles. The van der Waals surface area contributed by atoms with Crippen molar-refractivity contribution in [2.24, 2.45) is 0 Å². The summed E-state index contributed by atoms with van der Waals surface area (Å²) >= 11 is 0. The molecular weight excluding hydrogens is 152 g/mol. The van der Waals surface area contributed by atoms with Crippen LogP contribution >= 0.6 is 0 Å². The van der Waals surface area contributed by atoms with Crippen molar-refractivity contribution in [3.8, 4) is 0 Å². The first-order chi connectivity index (χ1) is 5.07. The van der Waals surface area contributed by atoms with E-state index in [1.165, 1.54) is 6.92 Å². The van der Waals surface area contributed by atoms with Gasteiger partial charge in [0.1, 0.15) is 6.61 Å². The summed E-state index contributed by atoms with van der Waals surface area (Å²) < 4.78 is 8.50. The first-order valence-corrected chi connectivity index (χ1v) is 2.97. The number of carbonyl (C=O) groups is 2. The van der Waals surface area contributed by atoms with Crippen molar-refractivity contribution in [1.29, 1.82) is 0 Å². The van der Waals surface area contributed by atoms with Crippen LogP contribution in [0.5, 0.6) is 0 Å². The number of carbonyl (C=O) groups excluding carboxylic acids is 2. The third-order valence-corrected chi connectivity index (χ3v) is 0.918. The maximum Gasteiger partial charge on any atom is 0.338 e. The van der Waals surface area contributed by atoms with Gasteiger partial charge in [-0.1, -0.05) is 0 Å². The van der Waals surface area contributed by atoms with E-state index < -0.39 is 18.0 Å². The fraction of sp³-hybridized carbons (Fsp3) is 0.667. The number of ether oxygens (including phenoxy) is 2. The van der Waals surface area contributed by atoms with Crippen LogP contribution in [-0.2, 0) is 19.1 Å². The molecule has 5 nitrogen and oxygen atoms in total. The summed E-state index contributed by atoms with van der Waals surface area (Å²) in [5, 5.41) is 8.81. The minimum Gasteiger partial charge on any atom is -0.467 e. The summed E-state index contributed by atoms with van der Waals surface area (Å²) in [5.74, 6) is -1.36. The molecule has 0 amide bonds. The molecule has 1 N–H and O–H groups in total. The van der Waals surface area contributed by atoms with Crippen molar-refractivity contribution < 1.29 is 24.2 Å². The summed E-state index contributed by atoms with van der Waals surface area (Å²) in [7, 11) is 1.14. The Labute approximate surface area is 63.9 Å². The number of methoxy groups -OCH3 is 1. The molecule has 1 atom stereocenters. The van der Waals surface area contributed by atoms with Gasteiger partial charge in [0.05, 0.1) is 7.11 Å². The van der Waals surface area contributed by atoms with E-state index in [1.807, 2.05) is 0 Å². The average molecular weight is 162 g/mol. The Balaban J connectivity index is 3.60. The molecule has 0 aromatic carbocycles. The van der Waals surface area contributed by atoms with Gasteiger partial charge in [0, 0.05) is 6.92 Å². The number of aliphatic hydroxyl groups excluding tert-OH is 1. The Morgan fingerprint density at radius 2 is 2.09 bits per heavy atom. The van der Waals surface area contributed by atoms with Crippen LogP contribution in [0.1, 0.15) is 6.92 Å². The summed E-state index contributed by atoms with van der Waals surface area (Å²) in [6.45, 7) is 0.825. The van der Waals surface area contributed by atoms with Gasteiger partial charge in [-0.25, -0.2) is 4.79 Å². The highest BCUT2D eigenvalue weighted by atomic mass is 16.6. The van der Waals surface area contributed by atoms with E-state index in [1.54, 1.807) is 0 Å². The highest BCUT2D eigenvalue weighted by Gasteiger charge is 2.15. The Morgan fingerprint density at radius 1 is 1.55 bits per heavy atom. The lowest BCUT2D eigenvalue weighted by molar-refractivity contribution is -0.157. The molecule has 11 heavy (non-hydrogen) atoms. The van der Waals surface area contributed by atoms with Gasteiger partial charge in [0.2, 0.25) is 0 Å². The molecule has 5 heteroatoms. The molecule has 0 aromatic heterocycles. The van der Waals surface area contributed by atoms with Crippen LogP contribution in [0.2, 0.25) is 0 Å². The van der Waals surface area contributed by atoms with Gasteiger partial charge >= 0.3 is 11.9 Å². The molecule has 64 valence electrons. The van der Waals surface area contributed by atoms with Crippen molar-refractivity contribution in [3.63, 3.8) is 0 Å². The molecule has 0 saturated heterocycles. The molecule has 0 unspecified atom stereocenters. The van der Waals surface area contributed by atoms with Crippen LogP contribution in [0, 0.1) is 0 Å². The maximum absolute atomic E-state index is 10.5. The number of aliphatic hydroxyl groups is 1. The largest absolute Gasteiger partial charge is 0.467 e. The predicted molar refractivity (Wildman–Crippen MR) is 34.7 cm³/mol. The summed E-state index contributed by atoms with van der Waals surface area (Å²) in [5.41, 5.74) is 0. The van der Waals surface area contributed by atoms with E-state index in [0.717, 1.165) is 7.11 Å². The summed E-state index contributed by atoms with van der Waals surface area (Å²) in [4.78, 5) is 20.6. The van der Waals surface area contributed by atoms with Crippen LogP contribution in [-0.4, -0.2) is 36.9 Å². The van der Waals surface area contributed by atoms with Crippen molar-refractivity contribution >= 4 is 11.9 Å².